The van der Waals surface area contributed by atoms with Gasteiger partial charge in [0.2, 0.25) is 0 Å². The lowest BCUT2D eigenvalue weighted by molar-refractivity contribution is 0.795. The van der Waals surface area contributed by atoms with Crippen molar-refractivity contribution in [3.8, 4) is 0 Å². The summed E-state index contributed by atoms with van der Waals surface area (Å²) in [5.74, 6) is 0. The third-order valence-corrected chi connectivity index (χ3v) is 4.73. The van der Waals surface area contributed by atoms with Crippen LogP contribution in [0.15, 0.2) is 58.7 Å². The minimum absolute atomic E-state index is 0.950. The summed E-state index contributed by atoms with van der Waals surface area (Å²) >= 11 is 0. The molecule has 2 heteroatoms. The predicted molar refractivity (Wildman–Crippen MR) is 115 cm³/mol. The molecule has 2 rings (SSSR count). The first-order chi connectivity index (χ1) is 12.6. The first-order valence-corrected chi connectivity index (χ1v) is 9.91. The molecule has 0 fully saturated rings. The van der Waals surface area contributed by atoms with Crippen LogP contribution in [0.3, 0.4) is 0 Å². The van der Waals surface area contributed by atoms with Crippen molar-refractivity contribution >= 4 is 11.4 Å². The van der Waals surface area contributed by atoms with E-state index < -0.39 is 0 Å². The smallest absolute Gasteiger partial charge is 0.0671 e. The summed E-state index contributed by atoms with van der Waals surface area (Å²) < 4.78 is 0. The van der Waals surface area contributed by atoms with Crippen molar-refractivity contribution < 1.29 is 0 Å². The van der Waals surface area contributed by atoms with Crippen LogP contribution in [-0.4, -0.2) is 11.4 Å². The zero-order chi connectivity index (χ0) is 18.8. The highest BCUT2D eigenvalue weighted by Gasteiger charge is 2.01. The molecule has 26 heavy (non-hydrogen) atoms. The van der Waals surface area contributed by atoms with Crippen LogP contribution in [0.25, 0.3) is 0 Å². The van der Waals surface area contributed by atoms with E-state index in [0.717, 1.165) is 35.4 Å². The van der Waals surface area contributed by atoms with E-state index in [1.165, 1.54) is 36.8 Å². The van der Waals surface area contributed by atoms with Crippen molar-refractivity contribution in [3.05, 3.63) is 70.8 Å². The van der Waals surface area contributed by atoms with E-state index in [-0.39, 0.29) is 0 Å². The largest absolute Gasteiger partial charge is 0.155 e. The van der Waals surface area contributed by atoms with Crippen molar-refractivity contribution in [1.82, 2.24) is 0 Å². The molecular weight excluding hydrogens is 316 g/mol. The van der Waals surface area contributed by atoms with E-state index >= 15 is 0 Å². The number of hydrogen-bond donors (Lipinski definition) is 0. The monoisotopic (exact) mass is 348 g/mol. The topological polar surface area (TPSA) is 24.7 Å². The summed E-state index contributed by atoms with van der Waals surface area (Å²) in [6.07, 6.45) is 7.25. The number of nitrogens with zero attached hydrogens (tertiary/aromatic N) is 2. The van der Waals surface area contributed by atoms with Gasteiger partial charge in [0.1, 0.15) is 0 Å². The summed E-state index contributed by atoms with van der Waals surface area (Å²) in [4.78, 5) is 0. The molecule has 138 valence electrons. The predicted octanol–water partition coefficient (Wildman–Crippen LogP) is 6.61. The fourth-order valence-corrected chi connectivity index (χ4v) is 2.85. The van der Waals surface area contributed by atoms with Crippen molar-refractivity contribution in [2.45, 2.75) is 66.2 Å². The van der Waals surface area contributed by atoms with Gasteiger partial charge in [-0.1, -0.05) is 75.2 Å². The summed E-state index contributed by atoms with van der Waals surface area (Å²) in [6, 6.07) is 17.4. The Morgan fingerprint density at radius 2 is 0.962 bits per heavy atom. The van der Waals surface area contributed by atoms with Gasteiger partial charge in [0.05, 0.1) is 11.4 Å². The highest BCUT2D eigenvalue weighted by molar-refractivity contribution is 6.01. The van der Waals surface area contributed by atoms with Crippen LogP contribution in [0.1, 0.15) is 75.6 Å². The molecule has 0 saturated carbocycles. The molecule has 0 N–H and O–H groups in total. The first-order valence-electron chi connectivity index (χ1n) is 9.91. The molecule has 0 aliphatic rings. The van der Waals surface area contributed by atoms with Gasteiger partial charge in [-0.25, -0.2) is 0 Å². The van der Waals surface area contributed by atoms with Crippen LogP contribution in [0.4, 0.5) is 0 Å². The lowest BCUT2D eigenvalue weighted by atomic mass is 10.0. The Bertz CT molecular complexity index is 656. The fourth-order valence-electron chi connectivity index (χ4n) is 2.85. The zero-order valence-electron chi connectivity index (χ0n) is 16.8. The average Bonchev–Trinajstić information content (AvgIpc) is 2.69. The molecule has 0 aromatic heterocycles. The number of benzene rings is 2. The Morgan fingerprint density at radius 1 is 0.615 bits per heavy atom. The molecule has 2 aromatic carbocycles. The number of rotatable bonds is 9. The SMILES string of the molecule is CCCCc1ccc(C(C)=NN=C(C)c2ccc(CCCC)cc2)cc1. The second kappa shape index (κ2) is 10.7. The van der Waals surface area contributed by atoms with Gasteiger partial charge < -0.3 is 0 Å². The lowest BCUT2D eigenvalue weighted by Crippen LogP contribution is -1.98. The standard InChI is InChI=1S/C24H32N2/c1-5-7-9-21-11-15-23(16-12-21)19(3)25-26-20(4)24-17-13-22(14-18-24)10-8-6-2/h11-18H,5-10H2,1-4H3. The Labute approximate surface area is 159 Å². The summed E-state index contributed by atoms with van der Waals surface area (Å²) in [5.41, 5.74) is 6.96. The molecule has 0 saturated heterocycles. The van der Waals surface area contributed by atoms with Gasteiger partial charge in [-0.05, 0) is 61.8 Å². The van der Waals surface area contributed by atoms with Gasteiger partial charge in [0.25, 0.3) is 0 Å². The van der Waals surface area contributed by atoms with E-state index in [9.17, 15) is 0 Å². The Morgan fingerprint density at radius 3 is 1.27 bits per heavy atom. The van der Waals surface area contributed by atoms with Crippen molar-refractivity contribution in [3.63, 3.8) is 0 Å². The van der Waals surface area contributed by atoms with Crippen molar-refractivity contribution in [2.24, 2.45) is 10.2 Å². The Kier molecular flexibility index (Phi) is 8.27. The quantitative estimate of drug-likeness (QED) is 0.360. The number of aryl methyl sites for hydroxylation is 2. The molecule has 0 bridgehead atoms. The van der Waals surface area contributed by atoms with E-state index in [4.69, 9.17) is 0 Å². The normalized spacial score (nSPS) is 12.5. The van der Waals surface area contributed by atoms with Crippen molar-refractivity contribution in [1.29, 1.82) is 0 Å². The van der Waals surface area contributed by atoms with Crippen LogP contribution < -0.4 is 0 Å². The van der Waals surface area contributed by atoms with E-state index in [1.54, 1.807) is 0 Å². The summed E-state index contributed by atoms with van der Waals surface area (Å²) in [5, 5.41) is 8.88. The Balaban J connectivity index is 2.03. The molecule has 0 amide bonds. The molecule has 0 atom stereocenters. The minimum atomic E-state index is 0.950. The molecule has 0 aliphatic heterocycles. The van der Waals surface area contributed by atoms with E-state index in [2.05, 4.69) is 72.6 Å². The summed E-state index contributed by atoms with van der Waals surface area (Å²) in [7, 11) is 0. The van der Waals surface area contributed by atoms with E-state index in [1.807, 2.05) is 13.8 Å². The maximum absolute atomic E-state index is 4.44. The van der Waals surface area contributed by atoms with Crippen molar-refractivity contribution in [2.75, 3.05) is 0 Å². The average molecular weight is 349 g/mol. The molecule has 2 aromatic rings. The highest BCUT2D eigenvalue weighted by Crippen LogP contribution is 2.11. The van der Waals surface area contributed by atoms with Crippen LogP contribution >= 0.6 is 0 Å². The van der Waals surface area contributed by atoms with E-state index in [0.29, 0.717) is 0 Å². The van der Waals surface area contributed by atoms with Gasteiger partial charge in [-0.15, -0.1) is 0 Å². The molecule has 0 unspecified atom stereocenters. The lowest BCUT2D eigenvalue weighted by Gasteiger charge is -2.04. The van der Waals surface area contributed by atoms with Crippen LogP contribution in [-0.2, 0) is 12.8 Å². The fraction of sp³-hybridized carbons (Fsp3) is 0.417. The van der Waals surface area contributed by atoms with Gasteiger partial charge in [0.15, 0.2) is 0 Å². The molecule has 0 aliphatic carbocycles. The van der Waals surface area contributed by atoms with Crippen LogP contribution in [0, 0.1) is 0 Å². The van der Waals surface area contributed by atoms with Crippen LogP contribution in [0.2, 0.25) is 0 Å². The first kappa shape index (κ1) is 20.1. The third kappa shape index (κ3) is 6.25. The highest BCUT2D eigenvalue weighted by atomic mass is 15.2. The second-order valence-electron chi connectivity index (χ2n) is 6.97. The summed E-state index contributed by atoms with van der Waals surface area (Å²) in [6.45, 7) is 8.49. The Hall–Kier alpha value is -2.22. The third-order valence-electron chi connectivity index (χ3n) is 4.73. The number of unbranched alkanes of at least 4 members (excludes halogenated alkanes) is 2. The minimum Gasteiger partial charge on any atom is -0.155 e. The molecule has 0 heterocycles. The van der Waals surface area contributed by atoms with Gasteiger partial charge in [0, 0.05) is 0 Å². The van der Waals surface area contributed by atoms with Gasteiger partial charge >= 0.3 is 0 Å². The van der Waals surface area contributed by atoms with Gasteiger partial charge in [-0.3, -0.25) is 0 Å². The second-order valence-corrected chi connectivity index (χ2v) is 6.97. The molecular formula is C24H32N2. The zero-order valence-corrected chi connectivity index (χ0v) is 16.8. The maximum atomic E-state index is 4.44. The molecule has 0 radical (unpaired) electrons. The maximum Gasteiger partial charge on any atom is 0.0671 e. The number of hydrogen-bond acceptors (Lipinski definition) is 2. The van der Waals surface area contributed by atoms with Gasteiger partial charge in [-0.2, -0.15) is 10.2 Å². The molecule has 2 nitrogen and oxygen atoms in total. The van der Waals surface area contributed by atoms with Crippen LogP contribution in [0.5, 0.6) is 0 Å². The molecule has 0 spiro atoms.